The molecule has 0 bridgehead atoms. The third-order valence-electron chi connectivity index (χ3n) is 7.99. The van der Waals surface area contributed by atoms with Gasteiger partial charge in [-0.25, -0.2) is 0 Å². The minimum Gasteiger partial charge on any atom is -0.493 e. The average molecular weight is 545 g/mol. The lowest BCUT2D eigenvalue weighted by molar-refractivity contribution is -0.134. The van der Waals surface area contributed by atoms with Gasteiger partial charge in [0, 0.05) is 25.3 Å². The molecule has 0 spiro atoms. The van der Waals surface area contributed by atoms with Gasteiger partial charge in [0.05, 0.1) is 20.1 Å². The van der Waals surface area contributed by atoms with Crippen LogP contribution in [-0.4, -0.2) is 31.8 Å². The van der Waals surface area contributed by atoms with Crippen molar-refractivity contribution in [1.82, 2.24) is 0 Å². The predicted molar refractivity (Wildman–Crippen MR) is 156 cm³/mol. The van der Waals surface area contributed by atoms with E-state index in [4.69, 9.17) is 14.2 Å². The van der Waals surface area contributed by atoms with E-state index in [-0.39, 0.29) is 23.5 Å². The van der Waals surface area contributed by atoms with Crippen molar-refractivity contribution in [3.8, 4) is 17.2 Å². The second-order valence-corrected chi connectivity index (χ2v) is 11.2. The summed E-state index contributed by atoms with van der Waals surface area (Å²) in [6, 6.07) is 1.93. The first-order valence-electron chi connectivity index (χ1n) is 15.4. The molecule has 6 heteroatoms. The third-order valence-corrected chi connectivity index (χ3v) is 7.99. The standard InChI is InChI=1S/C33H52O6/c1-25-24-31(37-3)33(38-4)32(39-26(2)34)27(25)20-16-12-9-7-11-15-19-23-30(36)28-21-17-13-8-5-6-10-14-18-22-29(28)35/h24,28H,5-23H2,1-4H3. The molecule has 1 unspecified atom stereocenters. The van der Waals surface area contributed by atoms with E-state index in [0.29, 0.717) is 30.1 Å². The summed E-state index contributed by atoms with van der Waals surface area (Å²) in [7, 11) is 3.13. The molecule has 1 aliphatic carbocycles. The van der Waals surface area contributed by atoms with E-state index in [0.717, 1.165) is 94.6 Å². The topological polar surface area (TPSA) is 78.9 Å². The summed E-state index contributed by atoms with van der Waals surface area (Å²) in [5, 5.41) is 0. The van der Waals surface area contributed by atoms with Gasteiger partial charge < -0.3 is 14.2 Å². The first-order chi connectivity index (χ1) is 18.9. The van der Waals surface area contributed by atoms with Crippen LogP contribution in [0.5, 0.6) is 17.2 Å². The largest absolute Gasteiger partial charge is 0.493 e. The van der Waals surface area contributed by atoms with Gasteiger partial charge in [-0.15, -0.1) is 0 Å². The van der Waals surface area contributed by atoms with E-state index in [1.807, 2.05) is 13.0 Å². The highest BCUT2D eigenvalue weighted by Gasteiger charge is 2.25. The quantitative estimate of drug-likeness (QED) is 0.101. The smallest absolute Gasteiger partial charge is 0.308 e. The van der Waals surface area contributed by atoms with Gasteiger partial charge in [0.25, 0.3) is 0 Å². The Bertz CT molecular complexity index is 906. The maximum Gasteiger partial charge on any atom is 0.308 e. The van der Waals surface area contributed by atoms with Crippen molar-refractivity contribution in [2.75, 3.05) is 14.2 Å². The SMILES string of the molecule is COc1cc(C)c(CCCCCCCCCC(=O)C2CCCCCCCCCCC2=O)c(OC(C)=O)c1OC. The lowest BCUT2D eigenvalue weighted by atomic mass is 9.87. The number of esters is 1. The number of rotatable bonds is 14. The van der Waals surface area contributed by atoms with Crippen LogP contribution in [0.15, 0.2) is 6.07 Å². The van der Waals surface area contributed by atoms with Crippen molar-refractivity contribution >= 4 is 17.5 Å². The van der Waals surface area contributed by atoms with Gasteiger partial charge in [-0.3, -0.25) is 14.4 Å². The van der Waals surface area contributed by atoms with Crippen molar-refractivity contribution in [2.45, 2.75) is 136 Å². The van der Waals surface area contributed by atoms with Crippen LogP contribution in [-0.2, 0) is 20.8 Å². The van der Waals surface area contributed by atoms with Crippen LogP contribution in [0.3, 0.4) is 0 Å². The van der Waals surface area contributed by atoms with Gasteiger partial charge in [0.1, 0.15) is 11.6 Å². The van der Waals surface area contributed by atoms with Gasteiger partial charge >= 0.3 is 5.97 Å². The number of ether oxygens (including phenoxy) is 3. The molecule has 0 radical (unpaired) electrons. The fourth-order valence-corrected chi connectivity index (χ4v) is 5.73. The number of carbonyl (C=O) groups is 3. The monoisotopic (exact) mass is 544 g/mol. The highest BCUT2D eigenvalue weighted by molar-refractivity contribution is 6.02. The van der Waals surface area contributed by atoms with E-state index in [2.05, 4.69) is 0 Å². The molecular weight excluding hydrogens is 492 g/mol. The van der Waals surface area contributed by atoms with E-state index in [1.54, 1.807) is 14.2 Å². The Morgan fingerprint density at radius 1 is 0.795 bits per heavy atom. The van der Waals surface area contributed by atoms with Gasteiger partial charge in [-0.1, -0.05) is 77.0 Å². The molecule has 2 rings (SSSR count). The first kappa shape index (κ1) is 32.8. The normalized spacial score (nSPS) is 17.1. The minimum absolute atomic E-state index is 0.186. The van der Waals surface area contributed by atoms with Gasteiger partial charge in [0.15, 0.2) is 11.5 Å². The molecule has 1 aromatic rings. The molecule has 39 heavy (non-hydrogen) atoms. The van der Waals surface area contributed by atoms with Crippen LogP contribution in [0.4, 0.5) is 0 Å². The van der Waals surface area contributed by atoms with Crippen LogP contribution >= 0.6 is 0 Å². The number of unbranched alkanes of at least 4 members (excludes halogenated alkanes) is 6. The van der Waals surface area contributed by atoms with Crippen LogP contribution in [0, 0.1) is 12.8 Å². The first-order valence-corrected chi connectivity index (χ1v) is 15.4. The molecule has 0 heterocycles. The molecule has 0 saturated heterocycles. The zero-order valence-electron chi connectivity index (χ0n) is 25.0. The molecular formula is C33H52O6. The van der Waals surface area contributed by atoms with Crippen LogP contribution in [0.2, 0.25) is 0 Å². The third kappa shape index (κ3) is 11.7. The average Bonchev–Trinajstić information content (AvgIpc) is 2.90. The molecule has 0 aliphatic heterocycles. The number of methoxy groups -OCH3 is 2. The maximum atomic E-state index is 12.9. The highest BCUT2D eigenvalue weighted by Crippen LogP contribution is 2.42. The Morgan fingerprint density at radius 2 is 1.38 bits per heavy atom. The van der Waals surface area contributed by atoms with E-state index >= 15 is 0 Å². The minimum atomic E-state index is -0.378. The lowest BCUT2D eigenvalue weighted by Crippen LogP contribution is -2.24. The van der Waals surface area contributed by atoms with Gasteiger partial charge in [-0.2, -0.15) is 0 Å². The lowest BCUT2D eigenvalue weighted by Gasteiger charge is -2.18. The summed E-state index contributed by atoms with van der Waals surface area (Å²) in [5.41, 5.74) is 2.01. The Balaban J connectivity index is 1.70. The van der Waals surface area contributed by atoms with Crippen LogP contribution < -0.4 is 14.2 Å². The molecule has 1 atom stereocenters. The number of hydrogen-bond acceptors (Lipinski definition) is 6. The highest BCUT2D eigenvalue weighted by atomic mass is 16.6. The molecule has 0 N–H and O–H groups in total. The van der Waals surface area contributed by atoms with E-state index in [1.165, 1.54) is 32.6 Å². The fourth-order valence-electron chi connectivity index (χ4n) is 5.73. The fraction of sp³-hybridized carbons (Fsp3) is 0.727. The second-order valence-electron chi connectivity index (χ2n) is 11.2. The molecule has 0 amide bonds. The predicted octanol–water partition coefficient (Wildman–Crippen LogP) is 8.27. The van der Waals surface area contributed by atoms with Gasteiger partial charge in [0.2, 0.25) is 5.75 Å². The Kier molecular flexibility index (Phi) is 15.9. The molecule has 1 saturated carbocycles. The number of aryl methyl sites for hydroxylation is 1. The van der Waals surface area contributed by atoms with Crippen molar-refractivity contribution in [3.05, 3.63) is 17.2 Å². The van der Waals surface area contributed by atoms with E-state index in [9.17, 15) is 14.4 Å². The van der Waals surface area contributed by atoms with Crippen molar-refractivity contribution in [1.29, 1.82) is 0 Å². The molecule has 1 aromatic carbocycles. The molecule has 220 valence electrons. The number of carbonyl (C=O) groups excluding carboxylic acids is 3. The number of Topliss-reactive ketones (excluding diaryl/α,β-unsaturated/α-hetero) is 2. The van der Waals surface area contributed by atoms with Gasteiger partial charge in [-0.05, 0) is 50.7 Å². The number of hydrogen-bond donors (Lipinski definition) is 0. The van der Waals surface area contributed by atoms with E-state index < -0.39 is 0 Å². The summed E-state index contributed by atoms with van der Waals surface area (Å²) < 4.78 is 16.4. The molecule has 1 fully saturated rings. The van der Waals surface area contributed by atoms with Crippen molar-refractivity contribution < 1.29 is 28.6 Å². The van der Waals surface area contributed by atoms with Crippen molar-refractivity contribution in [3.63, 3.8) is 0 Å². The zero-order chi connectivity index (χ0) is 28.5. The second kappa shape index (κ2) is 18.8. The summed E-state index contributed by atoms with van der Waals surface area (Å²) in [4.78, 5) is 37.3. The summed E-state index contributed by atoms with van der Waals surface area (Å²) in [6.07, 6.45) is 19.3. The maximum absolute atomic E-state index is 12.9. The molecule has 6 nitrogen and oxygen atoms in total. The number of ketones is 2. The summed E-state index contributed by atoms with van der Waals surface area (Å²) >= 11 is 0. The Labute approximate surface area is 236 Å². The van der Waals surface area contributed by atoms with Crippen LogP contribution in [0.25, 0.3) is 0 Å². The summed E-state index contributed by atoms with van der Waals surface area (Å²) in [6.45, 7) is 3.40. The van der Waals surface area contributed by atoms with Crippen molar-refractivity contribution in [2.24, 2.45) is 5.92 Å². The molecule has 1 aliphatic rings. The zero-order valence-corrected chi connectivity index (χ0v) is 25.0. The number of benzene rings is 1. The molecule has 0 aromatic heterocycles. The summed E-state index contributed by atoms with van der Waals surface area (Å²) in [5.74, 6) is 1.14. The Morgan fingerprint density at radius 3 is 2.00 bits per heavy atom. The van der Waals surface area contributed by atoms with Crippen LogP contribution in [0.1, 0.15) is 134 Å². The Hall–Kier alpha value is -2.37.